The fourth-order valence-corrected chi connectivity index (χ4v) is 6.29. The number of esters is 1. The van der Waals surface area contributed by atoms with Gasteiger partial charge in [-0.1, -0.05) is 13.8 Å². The summed E-state index contributed by atoms with van der Waals surface area (Å²) in [6.45, 7) is 8.26. The number of aldehydes is 1. The third-order valence-corrected chi connectivity index (χ3v) is 8.89. The molecule has 44 heavy (non-hydrogen) atoms. The van der Waals surface area contributed by atoms with E-state index in [9.17, 15) is 29.7 Å². The van der Waals surface area contributed by atoms with Crippen molar-refractivity contribution in [2.24, 2.45) is 11.8 Å². The standard InChI is InChI=1S/C31H57N3O10/c1-9-25(38)43-23-16-24(37)32-19(3)11-10-13-34(7)17-22(36)18(2)15-21(12-14-35)29(30(23)41-8)44-31-28(40)26(33(5)6)27(39)20(4)42-31/h14,18-23,26-31,36,39-40H,9-13,15-17H2,1-8H3,(H,32,37)/t18-,19?,20?,21+,22+,23-,26?,27-,28?,29+,30+,31+/m1/s1. The first-order chi connectivity index (χ1) is 20.7. The molecule has 2 fully saturated rings. The number of β-amino-alcohol motifs (C(OH)–C–C–N with tert-alkyl or cyclic N) is 1. The lowest BCUT2D eigenvalue weighted by atomic mass is 9.82. The van der Waals surface area contributed by atoms with Gasteiger partial charge < -0.3 is 54.2 Å². The topological polar surface area (TPSA) is 167 Å². The third-order valence-electron chi connectivity index (χ3n) is 8.89. The summed E-state index contributed by atoms with van der Waals surface area (Å²) in [7, 11) is 6.80. The monoisotopic (exact) mass is 631 g/mol. The van der Waals surface area contributed by atoms with E-state index in [1.807, 2.05) is 25.8 Å². The zero-order valence-corrected chi connectivity index (χ0v) is 27.8. The minimum absolute atomic E-state index is 0.00715. The highest BCUT2D eigenvalue weighted by Gasteiger charge is 2.48. The molecule has 13 nitrogen and oxygen atoms in total. The van der Waals surface area contributed by atoms with E-state index in [1.54, 1.807) is 32.8 Å². The summed E-state index contributed by atoms with van der Waals surface area (Å²) in [4.78, 5) is 41.6. The fraction of sp³-hybridized carbons (Fsp3) is 0.903. The van der Waals surface area contributed by atoms with E-state index >= 15 is 0 Å². The summed E-state index contributed by atoms with van der Waals surface area (Å²) in [6, 6.07) is -0.870. The van der Waals surface area contributed by atoms with Crippen molar-refractivity contribution in [2.75, 3.05) is 41.3 Å². The highest BCUT2D eigenvalue weighted by molar-refractivity contribution is 5.77. The first-order valence-corrected chi connectivity index (χ1v) is 15.9. The van der Waals surface area contributed by atoms with Gasteiger partial charge in [0.2, 0.25) is 5.91 Å². The molecular weight excluding hydrogens is 574 g/mol. The molecule has 0 spiro atoms. The fourth-order valence-electron chi connectivity index (χ4n) is 6.29. The molecule has 4 unspecified atom stereocenters. The molecule has 13 heteroatoms. The van der Waals surface area contributed by atoms with Gasteiger partial charge in [0, 0.05) is 32.5 Å². The van der Waals surface area contributed by atoms with Crippen LogP contribution in [0.2, 0.25) is 0 Å². The summed E-state index contributed by atoms with van der Waals surface area (Å²) in [5.41, 5.74) is 0. The lowest BCUT2D eigenvalue weighted by molar-refractivity contribution is -0.309. The zero-order valence-electron chi connectivity index (χ0n) is 27.8. The van der Waals surface area contributed by atoms with Crippen LogP contribution >= 0.6 is 0 Å². The molecule has 2 rings (SSSR count). The molecule has 2 aliphatic rings. The van der Waals surface area contributed by atoms with Crippen LogP contribution in [0.4, 0.5) is 0 Å². The molecule has 256 valence electrons. The number of rotatable bonds is 8. The zero-order chi connectivity index (χ0) is 33.1. The number of hydrogen-bond acceptors (Lipinski definition) is 12. The van der Waals surface area contributed by atoms with Crippen molar-refractivity contribution in [2.45, 2.75) is 127 Å². The van der Waals surface area contributed by atoms with Crippen LogP contribution in [0.1, 0.15) is 66.2 Å². The van der Waals surface area contributed by atoms with Gasteiger partial charge in [0.25, 0.3) is 0 Å². The SMILES string of the molecule is CCC(=O)O[C@@H]1CC(=O)NC(C)CCCN(C)C[C@H](O)[C@H](C)C[C@H](CC=O)[C@H](O[C@@H]2OC(C)[C@@H](O)C(N(C)C)C2O)[C@H]1OC. The van der Waals surface area contributed by atoms with Gasteiger partial charge in [-0.15, -0.1) is 0 Å². The van der Waals surface area contributed by atoms with Crippen molar-refractivity contribution in [3.05, 3.63) is 0 Å². The van der Waals surface area contributed by atoms with E-state index in [4.69, 9.17) is 18.9 Å². The van der Waals surface area contributed by atoms with Gasteiger partial charge in [0.1, 0.15) is 24.6 Å². The molecule has 0 aromatic rings. The van der Waals surface area contributed by atoms with E-state index in [-0.39, 0.29) is 37.1 Å². The van der Waals surface area contributed by atoms with Gasteiger partial charge in [-0.25, -0.2) is 0 Å². The first-order valence-electron chi connectivity index (χ1n) is 15.9. The van der Waals surface area contributed by atoms with Crippen LogP contribution in [0, 0.1) is 11.8 Å². The summed E-state index contributed by atoms with van der Waals surface area (Å²) in [5, 5.41) is 36.2. The van der Waals surface area contributed by atoms with Crippen molar-refractivity contribution in [1.29, 1.82) is 0 Å². The maximum Gasteiger partial charge on any atom is 0.305 e. The number of nitrogens with zero attached hydrogens (tertiary/aromatic N) is 2. The molecule has 1 amide bonds. The van der Waals surface area contributed by atoms with Crippen LogP contribution in [0.5, 0.6) is 0 Å². The molecule has 0 bridgehead atoms. The van der Waals surface area contributed by atoms with Crippen LogP contribution in [0.3, 0.4) is 0 Å². The Labute approximate surface area is 262 Å². The number of methoxy groups -OCH3 is 1. The van der Waals surface area contributed by atoms with Crippen LogP contribution in [-0.2, 0) is 33.3 Å². The second-order valence-electron chi connectivity index (χ2n) is 12.8. The second kappa shape index (κ2) is 18.4. The second-order valence-corrected chi connectivity index (χ2v) is 12.8. The van der Waals surface area contributed by atoms with Gasteiger partial charge in [-0.3, -0.25) is 9.59 Å². The number of nitrogens with one attached hydrogen (secondary N) is 1. The molecule has 4 N–H and O–H groups in total. The van der Waals surface area contributed by atoms with Crippen LogP contribution < -0.4 is 5.32 Å². The van der Waals surface area contributed by atoms with Crippen molar-refractivity contribution in [3.63, 3.8) is 0 Å². The Morgan fingerprint density at radius 3 is 2.43 bits per heavy atom. The summed E-state index contributed by atoms with van der Waals surface area (Å²) >= 11 is 0. The molecule has 0 aromatic heterocycles. The number of amides is 1. The molecule has 2 aliphatic heterocycles. The molecule has 0 radical (unpaired) electrons. The van der Waals surface area contributed by atoms with Crippen molar-refractivity contribution >= 4 is 18.2 Å². The predicted molar refractivity (Wildman–Crippen MR) is 163 cm³/mol. The number of aliphatic hydroxyl groups excluding tert-OH is 3. The quantitative estimate of drug-likeness (QED) is 0.214. The Hall–Kier alpha value is -1.71. The summed E-state index contributed by atoms with van der Waals surface area (Å²) in [6.07, 6.45) is -5.64. The Morgan fingerprint density at radius 2 is 1.84 bits per heavy atom. The van der Waals surface area contributed by atoms with E-state index in [2.05, 4.69) is 5.32 Å². The van der Waals surface area contributed by atoms with Crippen LogP contribution in [0.15, 0.2) is 0 Å². The molecule has 0 saturated carbocycles. The number of aliphatic hydroxyl groups is 3. The Balaban J connectivity index is 2.61. The minimum Gasteiger partial charge on any atom is -0.459 e. The van der Waals surface area contributed by atoms with Gasteiger partial charge in [0.05, 0.1) is 36.9 Å². The minimum atomic E-state index is -1.29. The highest BCUT2D eigenvalue weighted by atomic mass is 16.7. The highest BCUT2D eigenvalue weighted by Crippen LogP contribution is 2.33. The van der Waals surface area contributed by atoms with E-state index < -0.39 is 66.9 Å². The number of ether oxygens (including phenoxy) is 4. The molecule has 12 atom stereocenters. The van der Waals surface area contributed by atoms with Gasteiger partial charge in [-0.2, -0.15) is 0 Å². The third kappa shape index (κ3) is 11.0. The molecular formula is C31H57N3O10. The number of carbonyl (C=O) groups excluding carboxylic acids is 3. The predicted octanol–water partition coefficient (Wildman–Crippen LogP) is 0.318. The lowest BCUT2D eigenvalue weighted by Crippen LogP contribution is -2.63. The van der Waals surface area contributed by atoms with E-state index in [0.717, 1.165) is 25.7 Å². The number of carbonyl (C=O) groups is 3. The first kappa shape index (κ1) is 38.5. The lowest BCUT2D eigenvalue weighted by Gasteiger charge is -2.47. The maximum atomic E-state index is 13.2. The maximum absolute atomic E-state index is 13.2. The van der Waals surface area contributed by atoms with Crippen LogP contribution in [-0.4, -0.2) is 146 Å². The Bertz CT molecular complexity index is 895. The van der Waals surface area contributed by atoms with Gasteiger partial charge in [-0.05, 0) is 72.6 Å². The van der Waals surface area contributed by atoms with E-state index in [0.29, 0.717) is 13.0 Å². The van der Waals surface area contributed by atoms with Crippen molar-refractivity contribution < 1.29 is 48.7 Å². The van der Waals surface area contributed by atoms with Gasteiger partial charge >= 0.3 is 5.97 Å². The summed E-state index contributed by atoms with van der Waals surface area (Å²) in [5.74, 6) is -1.73. The largest absolute Gasteiger partial charge is 0.459 e. The number of hydrogen-bond donors (Lipinski definition) is 4. The van der Waals surface area contributed by atoms with Crippen LogP contribution in [0.25, 0.3) is 0 Å². The Morgan fingerprint density at radius 1 is 1.16 bits per heavy atom. The number of likely N-dealkylation sites (N-methyl/N-ethyl adjacent to an activating group) is 2. The van der Waals surface area contributed by atoms with Crippen molar-refractivity contribution in [1.82, 2.24) is 15.1 Å². The summed E-state index contributed by atoms with van der Waals surface area (Å²) < 4.78 is 24.2. The molecule has 0 aromatic carbocycles. The van der Waals surface area contributed by atoms with Gasteiger partial charge in [0.15, 0.2) is 6.29 Å². The average molecular weight is 632 g/mol. The van der Waals surface area contributed by atoms with E-state index in [1.165, 1.54) is 7.11 Å². The Kier molecular flexibility index (Phi) is 16.1. The molecule has 0 aliphatic carbocycles. The van der Waals surface area contributed by atoms with Crippen molar-refractivity contribution in [3.8, 4) is 0 Å². The smallest absolute Gasteiger partial charge is 0.305 e. The average Bonchev–Trinajstić information content (AvgIpc) is 2.94. The molecule has 2 saturated heterocycles. The normalized spacial score (nSPS) is 39.0. The molecule has 2 heterocycles.